The highest BCUT2D eigenvalue weighted by Crippen LogP contribution is 2.49. The van der Waals surface area contributed by atoms with E-state index in [1.54, 1.807) is 0 Å². The highest BCUT2D eigenvalue weighted by Gasteiger charge is 2.48. The molecule has 0 unspecified atom stereocenters. The molecule has 0 amide bonds. The summed E-state index contributed by atoms with van der Waals surface area (Å²) in [5.41, 5.74) is -4.97. The first kappa shape index (κ1) is 37.9. The summed E-state index contributed by atoms with van der Waals surface area (Å²) < 4.78 is 141. The van der Waals surface area contributed by atoms with Crippen LogP contribution in [0.25, 0.3) is 0 Å². The zero-order chi connectivity index (χ0) is 35.4. The Kier molecular flexibility index (Phi) is 13.6. The maximum Gasteiger partial charge on any atom is 0.420 e. The van der Waals surface area contributed by atoms with Crippen LogP contribution in [0.4, 0.5) is 35.1 Å². The van der Waals surface area contributed by atoms with E-state index in [-0.39, 0.29) is 22.6 Å². The van der Waals surface area contributed by atoms with Gasteiger partial charge >= 0.3 is 24.3 Å². The predicted octanol–water partition coefficient (Wildman–Crippen LogP) is 7.58. The smallest absolute Gasteiger partial charge is 0.420 e. The quantitative estimate of drug-likeness (QED) is 0.0839. The summed E-state index contributed by atoms with van der Waals surface area (Å²) in [4.78, 5) is 20.8. The third kappa shape index (κ3) is 11.2. The Hall–Kier alpha value is -5.28. The summed E-state index contributed by atoms with van der Waals surface area (Å²) in [6.45, 7) is 4.02. The molecule has 3 rings (SSSR count). The van der Waals surface area contributed by atoms with E-state index < -0.39 is 78.6 Å². The molecule has 3 aromatic carbocycles. The van der Waals surface area contributed by atoms with Gasteiger partial charge in [-0.3, -0.25) is 0 Å². The molecule has 0 atom stereocenters. The Morgan fingerprint density at radius 2 is 1.13 bits per heavy atom. The van der Waals surface area contributed by atoms with Gasteiger partial charge in [-0.1, -0.05) is 13.2 Å². The van der Waals surface area contributed by atoms with Gasteiger partial charge in [0.1, 0.15) is 59.0 Å². The highest BCUT2D eigenvalue weighted by molar-refractivity contribution is 5.81. The van der Waals surface area contributed by atoms with Crippen molar-refractivity contribution in [2.45, 2.75) is 25.6 Å². The van der Waals surface area contributed by atoms with Gasteiger partial charge in [-0.15, -0.1) is 0 Å². The van der Waals surface area contributed by atoms with Crippen molar-refractivity contribution in [1.82, 2.24) is 0 Å². The number of alkyl halides is 6. The molecule has 0 radical (unpaired) electrons. The summed E-state index contributed by atoms with van der Waals surface area (Å²) in [5, 5.41) is 0. The lowest BCUT2D eigenvalue weighted by molar-refractivity contribution is -0.164. The normalized spacial score (nSPS) is 10.9. The number of rotatable bonds is 12. The van der Waals surface area contributed by atoms with Crippen LogP contribution in [-0.4, -0.2) is 33.0 Å². The molecule has 3 aromatic rings. The molecule has 254 valence electrons. The average Bonchev–Trinajstić information content (AvgIpc) is 3.02. The Morgan fingerprint density at radius 1 is 0.681 bits per heavy atom. The molecule has 8 nitrogen and oxygen atoms in total. The van der Waals surface area contributed by atoms with E-state index in [4.69, 9.17) is 18.9 Å². The molecule has 0 N–H and O–H groups in total. The molecule has 0 aromatic heterocycles. The fourth-order valence-electron chi connectivity index (χ4n) is 3.48. The Morgan fingerprint density at radius 3 is 1.49 bits per heavy atom. The number of hydrogen-bond donors (Lipinski definition) is 0. The lowest BCUT2D eigenvalue weighted by atomic mass is 10.0. The van der Waals surface area contributed by atoms with Crippen LogP contribution in [0.3, 0.4) is 0 Å². The van der Waals surface area contributed by atoms with Gasteiger partial charge in [-0.2, -0.15) is 26.3 Å². The van der Waals surface area contributed by atoms with Crippen LogP contribution in [0.5, 0.6) is 23.0 Å². The lowest BCUT2D eigenvalue weighted by Crippen LogP contribution is -2.20. The van der Waals surface area contributed by atoms with Crippen LogP contribution in [-0.2, 0) is 44.6 Å². The molecule has 0 spiro atoms. The largest absolute Gasteiger partial charge is 0.497 e. The first-order chi connectivity index (χ1) is 22.0. The summed E-state index contributed by atoms with van der Waals surface area (Å²) in [5.74, 6) is -5.62. The monoisotopic (exact) mass is 678 g/mol. The molecule has 47 heavy (non-hydrogen) atoms. The van der Waals surface area contributed by atoms with Gasteiger partial charge in [-0.05, 0) is 36.4 Å². The van der Waals surface area contributed by atoms with Crippen LogP contribution in [0, 0.1) is 11.6 Å². The molecule has 0 fully saturated rings. The Balaban J connectivity index is 0.00000117. The minimum absolute atomic E-state index is 0.107. The topological polar surface area (TPSA) is 89.5 Å². The van der Waals surface area contributed by atoms with Crippen LogP contribution >= 0.6 is 0 Å². The number of carbonyl (C=O) groups excluding carboxylic acids is 2. The van der Waals surface area contributed by atoms with Gasteiger partial charge in [0.2, 0.25) is 6.79 Å². The van der Waals surface area contributed by atoms with Gasteiger partial charge in [-0.25, -0.2) is 18.4 Å². The zero-order valence-corrected chi connectivity index (χ0v) is 24.6. The molecule has 16 heteroatoms. The van der Waals surface area contributed by atoms with E-state index in [9.17, 15) is 44.7 Å². The molecule has 0 heterocycles. The summed E-state index contributed by atoms with van der Waals surface area (Å²) in [6.07, 6.45) is -9.18. The van der Waals surface area contributed by atoms with E-state index >= 15 is 0 Å². The van der Waals surface area contributed by atoms with E-state index in [2.05, 4.69) is 22.6 Å². The van der Waals surface area contributed by atoms with Crippen LogP contribution in [0.2, 0.25) is 0 Å². The third-order valence-electron chi connectivity index (χ3n) is 5.71. The number of methoxy groups -OCH3 is 2. The second kappa shape index (κ2) is 16.9. The standard InChI is InChI=1S/C27H20F8O6.C4H6O2/c1-3-23(36)41-14-40-18-7-5-16(20(29)11-18)13-39-22-9-8-21(24(26(30,31)32)25(22)27(33,34)35)38-12-15-4-6-17(37-2)10-19(15)28;1-3-4(5)6-2/h3-11H,1,12-14H2,2H3;3H,1H2,2H3. The van der Waals surface area contributed by atoms with E-state index in [1.807, 2.05) is 0 Å². The first-order valence-corrected chi connectivity index (χ1v) is 12.9. The zero-order valence-electron chi connectivity index (χ0n) is 24.6. The van der Waals surface area contributed by atoms with Crippen LogP contribution in [0.1, 0.15) is 22.3 Å². The molecule has 0 saturated heterocycles. The second-order valence-electron chi connectivity index (χ2n) is 8.75. The molecular formula is C31H26F8O8. The van der Waals surface area contributed by atoms with Crippen molar-refractivity contribution >= 4 is 11.9 Å². The van der Waals surface area contributed by atoms with E-state index in [0.29, 0.717) is 12.1 Å². The lowest BCUT2D eigenvalue weighted by Gasteiger charge is -2.22. The minimum atomic E-state index is -5.58. The minimum Gasteiger partial charge on any atom is -0.497 e. The van der Waals surface area contributed by atoms with Gasteiger partial charge in [0.15, 0.2) is 0 Å². The van der Waals surface area contributed by atoms with Gasteiger partial charge < -0.3 is 28.4 Å². The Labute approximate surface area is 262 Å². The fourth-order valence-corrected chi connectivity index (χ4v) is 3.48. The number of hydrogen-bond acceptors (Lipinski definition) is 8. The number of ether oxygens (including phenoxy) is 6. The van der Waals surface area contributed by atoms with E-state index in [0.717, 1.165) is 36.4 Å². The van der Waals surface area contributed by atoms with Gasteiger partial charge in [0, 0.05) is 35.4 Å². The SMILES string of the molecule is C=CC(=O)OC.C=CC(=O)OCOc1ccc(COc2ccc(OCc3ccc(OC)cc3F)c(C(F)(F)F)c2C(F)(F)F)c(F)c1. The van der Waals surface area contributed by atoms with Crippen molar-refractivity contribution in [3.63, 3.8) is 0 Å². The van der Waals surface area contributed by atoms with Crippen LogP contribution in [0.15, 0.2) is 73.8 Å². The molecule has 0 aliphatic carbocycles. The number of benzene rings is 3. The summed E-state index contributed by atoms with van der Waals surface area (Å²) in [6, 6.07) is 7.57. The van der Waals surface area contributed by atoms with Gasteiger partial charge in [0.25, 0.3) is 0 Å². The summed E-state index contributed by atoms with van der Waals surface area (Å²) in [7, 11) is 2.57. The number of carbonyl (C=O) groups is 2. The average molecular weight is 679 g/mol. The Bertz CT molecular complexity index is 1570. The van der Waals surface area contributed by atoms with E-state index in [1.165, 1.54) is 26.4 Å². The molecule has 0 aliphatic rings. The van der Waals surface area contributed by atoms with Crippen molar-refractivity contribution < 1.29 is 73.1 Å². The first-order valence-electron chi connectivity index (χ1n) is 12.9. The predicted molar refractivity (Wildman–Crippen MR) is 148 cm³/mol. The van der Waals surface area contributed by atoms with Crippen LogP contribution < -0.4 is 18.9 Å². The molecule has 0 aliphatic heterocycles. The second-order valence-corrected chi connectivity index (χ2v) is 8.75. The fraction of sp³-hybridized carbons (Fsp3) is 0.226. The maximum absolute atomic E-state index is 14.5. The van der Waals surface area contributed by atoms with Crippen molar-refractivity contribution in [2.75, 3.05) is 21.0 Å². The molecule has 0 bridgehead atoms. The van der Waals surface area contributed by atoms with Crippen molar-refractivity contribution in [3.8, 4) is 23.0 Å². The number of halogens is 8. The third-order valence-corrected chi connectivity index (χ3v) is 5.71. The number of esters is 2. The van der Waals surface area contributed by atoms with Gasteiger partial charge in [0.05, 0.1) is 14.2 Å². The van der Waals surface area contributed by atoms with Crippen molar-refractivity contribution in [3.05, 3.63) is 108 Å². The highest BCUT2D eigenvalue weighted by atomic mass is 19.4. The van der Waals surface area contributed by atoms with Crippen molar-refractivity contribution in [2.24, 2.45) is 0 Å². The van der Waals surface area contributed by atoms with Crippen molar-refractivity contribution in [1.29, 1.82) is 0 Å². The molecule has 0 saturated carbocycles. The molecular weight excluding hydrogens is 652 g/mol. The maximum atomic E-state index is 14.5. The summed E-state index contributed by atoms with van der Waals surface area (Å²) >= 11 is 0.